The van der Waals surface area contributed by atoms with E-state index in [4.69, 9.17) is 11.6 Å². The number of carbonyl (C=O) groups is 1. The Morgan fingerprint density at radius 2 is 2.08 bits per heavy atom. The number of hydrogen-bond donors (Lipinski definition) is 2. The molecule has 0 atom stereocenters. The normalized spacial score (nSPS) is 10.1. The molecule has 6 heteroatoms. The maximum atomic E-state index is 11.5. The molecule has 0 unspecified atom stereocenters. The highest BCUT2D eigenvalue weighted by atomic mass is 35.5. The topological polar surface area (TPSA) is 77.8 Å². The van der Waals surface area contributed by atoms with Crippen molar-refractivity contribution in [3.8, 4) is 6.07 Å². The standard InChI is InChI=1S/C19H13ClN4O/c1-2-18(25)23-15-6-7-17-16(9-15)19(12(10-21)11-22-17)24-14-5-3-4-13(20)8-14/h2-9,11H,1H2,(H,22,24)(H,23,25). The molecule has 0 aliphatic rings. The average Bonchev–Trinajstić information content (AvgIpc) is 2.62. The number of halogens is 1. The first-order chi connectivity index (χ1) is 12.1. The van der Waals surface area contributed by atoms with Crippen LogP contribution in [0, 0.1) is 11.3 Å². The van der Waals surface area contributed by atoms with Crippen LogP contribution in [0.25, 0.3) is 10.9 Å². The van der Waals surface area contributed by atoms with E-state index in [2.05, 4.69) is 28.3 Å². The molecule has 25 heavy (non-hydrogen) atoms. The number of anilines is 3. The van der Waals surface area contributed by atoms with Crippen molar-refractivity contribution in [2.24, 2.45) is 0 Å². The van der Waals surface area contributed by atoms with Crippen molar-refractivity contribution in [2.45, 2.75) is 0 Å². The van der Waals surface area contributed by atoms with Gasteiger partial charge in [0.25, 0.3) is 0 Å². The number of fused-ring (bicyclic) bond motifs is 1. The highest BCUT2D eigenvalue weighted by Gasteiger charge is 2.11. The minimum absolute atomic E-state index is 0.312. The second-order valence-corrected chi connectivity index (χ2v) is 5.66. The van der Waals surface area contributed by atoms with Crippen molar-refractivity contribution in [2.75, 3.05) is 10.6 Å². The number of carbonyl (C=O) groups excluding carboxylic acids is 1. The van der Waals surface area contributed by atoms with Gasteiger partial charge in [0.1, 0.15) is 6.07 Å². The first kappa shape index (κ1) is 16.5. The van der Waals surface area contributed by atoms with Gasteiger partial charge in [-0.25, -0.2) is 0 Å². The number of hydrogen-bond acceptors (Lipinski definition) is 4. The molecule has 122 valence electrons. The van der Waals surface area contributed by atoms with E-state index in [0.717, 1.165) is 5.69 Å². The summed E-state index contributed by atoms with van der Waals surface area (Å²) in [5.74, 6) is -0.312. The van der Waals surface area contributed by atoms with E-state index in [1.807, 2.05) is 12.1 Å². The summed E-state index contributed by atoms with van der Waals surface area (Å²) < 4.78 is 0. The van der Waals surface area contributed by atoms with E-state index in [0.29, 0.717) is 32.9 Å². The monoisotopic (exact) mass is 348 g/mol. The van der Waals surface area contributed by atoms with Crippen molar-refractivity contribution in [3.05, 3.63) is 71.9 Å². The predicted octanol–water partition coefficient (Wildman–Crippen LogP) is 4.63. The number of amides is 1. The van der Waals surface area contributed by atoms with Gasteiger partial charge >= 0.3 is 0 Å². The minimum atomic E-state index is -0.312. The van der Waals surface area contributed by atoms with E-state index >= 15 is 0 Å². The summed E-state index contributed by atoms with van der Waals surface area (Å²) in [5, 5.41) is 16.6. The van der Waals surface area contributed by atoms with Crippen LogP contribution in [0.2, 0.25) is 5.02 Å². The largest absolute Gasteiger partial charge is 0.354 e. The molecule has 3 aromatic rings. The molecular weight excluding hydrogens is 336 g/mol. The number of nitrogens with zero attached hydrogens (tertiary/aromatic N) is 2. The molecule has 1 aromatic heterocycles. The zero-order valence-corrected chi connectivity index (χ0v) is 13.8. The van der Waals surface area contributed by atoms with Crippen molar-refractivity contribution in [3.63, 3.8) is 0 Å². The van der Waals surface area contributed by atoms with E-state index in [1.165, 1.54) is 12.3 Å². The van der Waals surface area contributed by atoms with Gasteiger partial charge < -0.3 is 10.6 Å². The molecule has 0 saturated carbocycles. The van der Waals surface area contributed by atoms with Gasteiger partial charge in [-0.15, -0.1) is 0 Å². The van der Waals surface area contributed by atoms with Crippen LogP contribution in [0.15, 0.2) is 61.3 Å². The van der Waals surface area contributed by atoms with E-state index in [9.17, 15) is 10.1 Å². The Labute approximate surface area is 149 Å². The molecule has 0 bridgehead atoms. The molecule has 0 fully saturated rings. The third-order valence-electron chi connectivity index (χ3n) is 3.54. The molecule has 0 aliphatic carbocycles. The van der Waals surface area contributed by atoms with Gasteiger partial charge in [0.05, 0.1) is 16.8 Å². The van der Waals surface area contributed by atoms with Crippen LogP contribution in [0.4, 0.5) is 17.1 Å². The molecule has 1 amide bonds. The highest BCUT2D eigenvalue weighted by Crippen LogP contribution is 2.31. The minimum Gasteiger partial charge on any atom is -0.354 e. The lowest BCUT2D eigenvalue weighted by Crippen LogP contribution is -2.07. The number of aromatic nitrogens is 1. The predicted molar refractivity (Wildman–Crippen MR) is 100 cm³/mol. The van der Waals surface area contributed by atoms with Crippen molar-refractivity contribution < 1.29 is 4.79 Å². The van der Waals surface area contributed by atoms with Crippen LogP contribution < -0.4 is 10.6 Å². The van der Waals surface area contributed by atoms with Gasteiger partial charge in [-0.3, -0.25) is 9.78 Å². The zero-order chi connectivity index (χ0) is 17.8. The van der Waals surface area contributed by atoms with Gasteiger partial charge in [-0.05, 0) is 42.5 Å². The third-order valence-corrected chi connectivity index (χ3v) is 3.77. The summed E-state index contributed by atoms with van der Waals surface area (Å²) in [6, 6.07) is 14.6. The van der Waals surface area contributed by atoms with Gasteiger partial charge in [-0.2, -0.15) is 5.26 Å². The maximum Gasteiger partial charge on any atom is 0.247 e. The molecule has 2 aromatic carbocycles. The first-order valence-electron chi connectivity index (χ1n) is 7.39. The van der Waals surface area contributed by atoms with E-state index in [-0.39, 0.29) is 5.91 Å². The Bertz CT molecular complexity index is 1020. The van der Waals surface area contributed by atoms with Crippen molar-refractivity contribution in [1.82, 2.24) is 4.98 Å². The molecule has 2 N–H and O–H groups in total. The second-order valence-electron chi connectivity index (χ2n) is 5.22. The molecule has 3 rings (SSSR count). The van der Waals surface area contributed by atoms with Gasteiger partial charge in [0.2, 0.25) is 5.91 Å². The summed E-state index contributed by atoms with van der Waals surface area (Å²) >= 11 is 6.03. The maximum absolute atomic E-state index is 11.5. The lowest BCUT2D eigenvalue weighted by molar-refractivity contribution is -0.111. The molecule has 1 heterocycles. The second kappa shape index (κ2) is 7.04. The fraction of sp³-hybridized carbons (Fsp3) is 0. The van der Waals surface area contributed by atoms with E-state index in [1.54, 1.807) is 30.3 Å². The summed E-state index contributed by atoms with van der Waals surface area (Å²) in [5.41, 5.74) is 3.02. The smallest absolute Gasteiger partial charge is 0.247 e. The molecule has 0 aliphatic heterocycles. The summed E-state index contributed by atoms with van der Waals surface area (Å²) in [7, 11) is 0. The lowest BCUT2D eigenvalue weighted by Gasteiger charge is -2.13. The first-order valence-corrected chi connectivity index (χ1v) is 7.77. The van der Waals surface area contributed by atoms with Crippen LogP contribution in [0.1, 0.15) is 5.56 Å². The number of pyridine rings is 1. The Balaban J connectivity index is 2.13. The lowest BCUT2D eigenvalue weighted by atomic mass is 10.1. The third kappa shape index (κ3) is 3.60. The van der Waals surface area contributed by atoms with Gasteiger partial charge in [0.15, 0.2) is 0 Å². The number of nitrogens with one attached hydrogen (secondary N) is 2. The van der Waals surface area contributed by atoms with Gasteiger partial charge in [0, 0.05) is 28.0 Å². The molecule has 5 nitrogen and oxygen atoms in total. The van der Waals surface area contributed by atoms with Crippen molar-refractivity contribution in [1.29, 1.82) is 5.26 Å². The highest BCUT2D eigenvalue weighted by molar-refractivity contribution is 6.30. The number of benzene rings is 2. The summed E-state index contributed by atoms with van der Waals surface area (Å²) in [4.78, 5) is 15.8. The Morgan fingerprint density at radius 3 is 2.80 bits per heavy atom. The van der Waals surface area contributed by atoms with Crippen LogP contribution in [-0.4, -0.2) is 10.9 Å². The van der Waals surface area contributed by atoms with Crippen LogP contribution >= 0.6 is 11.6 Å². The average molecular weight is 349 g/mol. The Kier molecular flexibility index (Phi) is 4.64. The number of rotatable bonds is 4. The fourth-order valence-electron chi connectivity index (χ4n) is 2.39. The Morgan fingerprint density at radius 1 is 1.24 bits per heavy atom. The molecule has 0 radical (unpaired) electrons. The molecular formula is C19H13ClN4O. The zero-order valence-electron chi connectivity index (χ0n) is 13.1. The van der Waals surface area contributed by atoms with Gasteiger partial charge in [-0.1, -0.05) is 24.2 Å². The summed E-state index contributed by atoms with van der Waals surface area (Å²) in [6.07, 6.45) is 2.70. The van der Waals surface area contributed by atoms with E-state index < -0.39 is 0 Å². The van der Waals surface area contributed by atoms with Crippen LogP contribution in [0.5, 0.6) is 0 Å². The quantitative estimate of drug-likeness (QED) is 0.674. The Hall–Kier alpha value is -3.36. The fourth-order valence-corrected chi connectivity index (χ4v) is 2.58. The van der Waals surface area contributed by atoms with Crippen molar-refractivity contribution >= 4 is 45.5 Å². The summed E-state index contributed by atoms with van der Waals surface area (Å²) in [6.45, 7) is 3.44. The molecule has 0 saturated heterocycles. The van der Waals surface area contributed by atoms with Crippen LogP contribution in [0.3, 0.4) is 0 Å². The molecule has 0 spiro atoms. The SMILES string of the molecule is C=CC(=O)Nc1ccc2ncc(C#N)c(Nc3cccc(Cl)c3)c2c1. The van der Waals surface area contributed by atoms with Crippen LogP contribution in [-0.2, 0) is 4.79 Å². The number of nitriles is 1.